The van der Waals surface area contributed by atoms with Gasteiger partial charge in [-0.3, -0.25) is 4.79 Å². The summed E-state index contributed by atoms with van der Waals surface area (Å²) in [4.78, 5) is 18.8. The Labute approximate surface area is 169 Å². The van der Waals surface area contributed by atoms with E-state index in [2.05, 4.69) is 4.98 Å². The highest BCUT2D eigenvalue weighted by Crippen LogP contribution is 2.32. The van der Waals surface area contributed by atoms with E-state index in [0.717, 1.165) is 32.0 Å². The van der Waals surface area contributed by atoms with E-state index in [4.69, 9.17) is 4.42 Å². The van der Waals surface area contributed by atoms with Crippen LogP contribution in [0, 0.1) is 12.7 Å². The number of carbonyl (C=O) groups excluding carboxylic acids is 1. The summed E-state index contributed by atoms with van der Waals surface area (Å²) in [7, 11) is -3.74. The normalized spacial score (nSPS) is 19.0. The number of likely N-dealkylation sites (tertiary alicyclic amines) is 1. The van der Waals surface area contributed by atoms with Crippen molar-refractivity contribution >= 4 is 15.9 Å². The second-order valence-electron chi connectivity index (χ2n) is 7.59. The van der Waals surface area contributed by atoms with Crippen molar-refractivity contribution < 1.29 is 22.0 Å². The Morgan fingerprint density at radius 3 is 2.52 bits per heavy atom. The zero-order valence-corrected chi connectivity index (χ0v) is 17.1. The number of sulfonamides is 1. The molecule has 156 valence electrons. The molecule has 0 atom stereocenters. The first kappa shape index (κ1) is 20.0. The fourth-order valence-corrected chi connectivity index (χ4v) is 5.48. The van der Waals surface area contributed by atoms with Crippen molar-refractivity contribution in [2.75, 3.05) is 26.2 Å². The molecule has 2 aromatic rings. The van der Waals surface area contributed by atoms with Crippen LogP contribution in [0.4, 0.5) is 4.39 Å². The summed E-state index contributed by atoms with van der Waals surface area (Å²) in [6, 6.07) is 5.05. The third-order valence-electron chi connectivity index (χ3n) is 5.65. The molecule has 2 aliphatic heterocycles. The lowest BCUT2D eigenvalue weighted by atomic mass is 9.98. The van der Waals surface area contributed by atoms with Gasteiger partial charge >= 0.3 is 0 Å². The minimum Gasteiger partial charge on any atom is -0.445 e. The summed E-state index contributed by atoms with van der Waals surface area (Å²) in [5, 5.41) is 0. The Morgan fingerprint density at radius 1 is 1.17 bits per heavy atom. The summed E-state index contributed by atoms with van der Waals surface area (Å²) in [5.74, 6) is 0.278. The maximum atomic E-state index is 13.4. The Balaban J connectivity index is 1.45. The largest absolute Gasteiger partial charge is 0.445 e. The quantitative estimate of drug-likeness (QED) is 0.758. The van der Waals surface area contributed by atoms with Gasteiger partial charge in [-0.1, -0.05) is 6.07 Å². The molecule has 0 N–H and O–H groups in total. The molecule has 4 rings (SSSR count). The zero-order chi connectivity index (χ0) is 20.6. The summed E-state index contributed by atoms with van der Waals surface area (Å²) >= 11 is 0. The lowest BCUT2D eigenvalue weighted by molar-refractivity contribution is 0.0786. The van der Waals surface area contributed by atoms with Gasteiger partial charge in [0.05, 0.1) is 4.90 Å². The van der Waals surface area contributed by atoms with E-state index in [-0.39, 0.29) is 16.7 Å². The highest BCUT2D eigenvalue weighted by Gasteiger charge is 2.33. The van der Waals surface area contributed by atoms with E-state index < -0.39 is 15.8 Å². The maximum Gasteiger partial charge on any atom is 0.276 e. The van der Waals surface area contributed by atoms with Gasteiger partial charge in [0, 0.05) is 32.1 Å². The third-order valence-corrected chi connectivity index (χ3v) is 7.54. The molecule has 0 aliphatic carbocycles. The van der Waals surface area contributed by atoms with Gasteiger partial charge in [-0.25, -0.2) is 17.8 Å². The van der Waals surface area contributed by atoms with Crippen molar-refractivity contribution in [3.63, 3.8) is 0 Å². The average molecular weight is 421 g/mol. The molecule has 1 aromatic heterocycles. The molecular formula is C20H24FN3O4S. The number of hydrogen-bond donors (Lipinski definition) is 0. The van der Waals surface area contributed by atoms with Gasteiger partial charge in [-0.15, -0.1) is 0 Å². The number of piperidine rings is 1. The van der Waals surface area contributed by atoms with Crippen LogP contribution >= 0.6 is 0 Å². The van der Waals surface area contributed by atoms with E-state index in [1.54, 1.807) is 11.8 Å². The van der Waals surface area contributed by atoms with Crippen LogP contribution in [0.2, 0.25) is 0 Å². The number of benzene rings is 1. The summed E-state index contributed by atoms with van der Waals surface area (Å²) in [5.41, 5.74) is 0.358. The minimum atomic E-state index is -3.74. The van der Waals surface area contributed by atoms with Crippen molar-refractivity contribution in [3.8, 4) is 0 Å². The van der Waals surface area contributed by atoms with Crippen molar-refractivity contribution in [2.45, 2.75) is 43.4 Å². The fourth-order valence-electron chi connectivity index (χ4n) is 3.98. The first-order valence-corrected chi connectivity index (χ1v) is 11.3. The Hall–Kier alpha value is -2.26. The van der Waals surface area contributed by atoms with Crippen LogP contribution in [-0.2, 0) is 10.0 Å². The number of oxazole rings is 1. The number of amides is 1. The van der Waals surface area contributed by atoms with Crippen LogP contribution in [0.25, 0.3) is 0 Å². The molecule has 1 aromatic carbocycles. The number of hydrogen-bond acceptors (Lipinski definition) is 5. The number of rotatable bonds is 4. The van der Waals surface area contributed by atoms with Gasteiger partial charge in [-0.2, -0.15) is 4.31 Å². The van der Waals surface area contributed by atoms with Gasteiger partial charge < -0.3 is 9.32 Å². The average Bonchev–Trinajstić information content (AvgIpc) is 3.38. The topological polar surface area (TPSA) is 83.7 Å². The zero-order valence-electron chi connectivity index (χ0n) is 16.3. The van der Waals surface area contributed by atoms with E-state index >= 15 is 0 Å². The smallest absolute Gasteiger partial charge is 0.276 e. The molecule has 9 heteroatoms. The molecule has 0 spiro atoms. The van der Waals surface area contributed by atoms with Crippen molar-refractivity contribution in [1.29, 1.82) is 0 Å². The van der Waals surface area contributed by atoms with Crippen LogP contribution in [-0.4, -0.2) is 54.7 Å². The minimum absolute atomic E-state index is 0.0404. The number of halogens is 1. The molecule has 29 heavy (non-hydrogen) atoms. The highest BCUT2D eigenvalue weighted by molar-refractivity contribution is 7.89. The molecule has 3 heterocycles. The standard InChI is InChI=1S/C20H24FN3O4S/c1-14-18(20(25)23-9-2-3-10-23)22-19(28-14)15-7-11-24(12-8-15)29(26,27)17-6-4-5-16(21)13-17/h4-6,13,15H,2-3,7-12H2,1H3. The van der Waals surface area contributed by atoms with Gasteiger partial charge in [-0.05, 0) is 50.8 Å². The lowest BCUT2D eigenvalue weighted by Crippen LogP contribution is -2.38. The molecule has 7 nitrogen and oxygen atoms in total. The molecule has 0 bridgehead atoms. The predicted octanol–water partition coefficient (Wildman–Crippen LogP) is 2.93. The second kappa shape index (κ2) is 7.87. The lowest BCUT2D eigenvalue weighted by Gasteiger charge is -2.29. The van der Waals surface area contributed by atoms with Crippen molar-refractivity contribution in [1.82, 2.24) is 14.2 Å². The van der Waals surface area contributed by atoms with Crippen molar-refractivity contribution in [2.24, 2.45) is 0 Å². The molecule has 2 fully saturated rings. The maximum absolute atomic E-state index is 13.4. The molecule has 0 radical (unpaired) electrons. The van der Waals surface area contributed by atoms with Crippen LogP contribution in [0.1, 0.15) is 53.7 Å². The van der Waals surface area contributed by atoms with E-state index in [1.165, 1.54) is 22.5 Å². The van der Waals surface area contributed by atoms with Gasteiger partial charge in [0.15, 0.2) is 11.6 Å². The number of aryl methyl sites for hydroxylation is 1. The first-order valence-electron chi connectivity index (χ1n) is 9.88. The van der Waals surface area contributed by atoms with Gasteiger partial charge in [0.25, 0.3) is 5.91 Å². The molecule has 1 amide bonds. The third kappa shape index (κ3) is 3.93. The van der Waals surface area contributed by atoms with Gasteiger partial charge in [0.2, 0.25) is 10.0 Å². The molecule has 2 aliphatic rings. The highest BCUT2D eigenvalue weighted by atomic mass is 32.2. The second-order valence-corrected chi connectivity index (χ2v) is 9.53. The molecule has 0 unspecified atom stereocenters. The Morgan fingerprint density at radius 2 is 1.86 bits per heavy atom. The monoisotopic (exact) mass is 421 g/mol. The Bertz CT molecular complexity index is 1010. The van der Waals surface area contributed by atoms with Crippen LogP contribution in [0.5, 0.6) is 0 Å². The molecular weight excluding hydrogens is 397 g/mol. The van der Waals surface area contributed by atoms with Crippen LogP contribution < -0.4 is 0 Å². The Kier molecular flexibility index (Phi) is 5.44. The molecule has 0 saturated carbocycles. The summed E-state index contributed by atoms with van der Waals surface area (Å²) in [6.07, 6.45) is 3.08. The van der Waals surface area contributed by atoms with Gasteiger partial charge in [0.1, 0.15) is 11.6 Å². The number of carbonyl (C=O) groups is 1. The SMILES string of the molecule is Cc1oc(C2CCN(S(=O)(=O)c3cccc(F)c3)CC2)nc1C(=O)N1CCCC1. The van der Waals surface area contributed by atoms with E-state index in [1.807, 2.05) is 0 Å². The first-order chi connectivity index (χ1) is 13.9. The summed E-state index contributed by atoms with van der Waals surface area (Å²) < 4.78 is 46.1. The van der Waals surface area contributed by atoms with Crippen molar-refractivity contribution in [3.05, 3.63) is 47.4 Å². The number of nitrogens with zero attached hydrogens (tertiary/aromatic N) is 3. The predicted molar refractivity (Wildman–Crippen MR) is 104 cm³/mol. The van der Waals surface area contributed by atoms with Crippen LogP contribution in [0.3, 0.4) is 0 Å². The van der Waals surface area contributed by atoms with Crippen LogP contribution in [0.15, 0.2) is 33.6 Å². The molecule has 2 saturated heterocycles. The van der Waals surface area contributed by atoms with E-state index in [0.29, 0.717) is 43.3 Å². The fraction of sp³-hybridized carbons (Fsp3) is 0.500. The van der Waals surface area contributed by atoms with E-state index in [9.17, 15) is 17.6 Å². The number of aromatic nitrogens is 1. The summed E-state index contributed by atoms with van der Waals surface area (Å²) in [6.45, 7) is 3.82.